The van der Waals surface area contributed by atoms with Crippen LogP contribution in [-0.2, 0) is 21.4 Å². The van der Waals surface area contributed by atoms with Crippen LogP contribution in [0.4, 0.5) is 10.3 Å². The molecule has 2 aromatic carbocycles. The zero-order valence-corrected chi connectivity index (χ0v) is 15.6. The maximum Gasteiger partial charge on any atom is 0.244 e. The summed E-state index contributed by atoms with van der Waals surface area (Å²) in [5, 5.41) is 2.63. The third-order valence-electron chi connectivity index (χ3n) is 4.06. The second-order valence-corrected chi connectivity index (χ2v) is 7.61. The number of rotatable bonds is 6. The van der Waals surface area contributed by atoms with Crippen molar-refractivity contribution in [1.29, 1.82) is 0 Å². The summed E-state index contributed by atoms with van der Waals surface area (Å²) in [6, 6.07) is 11.3. The van der Waals surface area contributed by atoms with Crippen molar-refractivity contribution in [2.75, 3.05) is 5.32 Å². The summed E-state index contributed by atoms with van der Waals surface area (Å²) >= 11 is 0. The Bertz CT molecular complexity index is 1090. The van der Waals surface area contributed by atoms with Crippen LogP contribution in [0.25, 0.3) is 11.0 Å². The van der Waals surface area contributed by atoms with E-state index < -0.39 is 32.7 Å². The number of hydrogen-bond donors (Lipinski definition) is 2. The average Bonchev–Trinajstić information content (AvgIpc) is 2.98. The fraction of sp³-hybridized carbons (Fsp3) is 0.222. The fourth-order valence-electron chi connectivity index (χ4n) is 2.72. The van der Waals surface area contributed by atoms with Crippen LogP contribution in [-0.4, -0.2) is 29.9 Å². The number of aromatic nitrogens is 2. The lowest BCUT2D eigenvalue weighted by atomic mass is 10.3. The molecule has 27 heavy (non-hydrogen) atoms. The Balaban J connectivity index is 1.80. The van der Waals surface area contributed by atoms with Crippen LogP contribution in [0.5, 0.6) is 0 Å². The lowest BCUT2D eigenvalue weighted by Gasteiger charge is -2.15. The summed E-state index contributed by atoms with van der Waals surface area (Å²) in [4.78, 5) is 16.3. The van der Waals surface area contributed by atoms with E-state index in [0.29, 0.717) is 18.0 Å². The normalized spacial score (nSPS) is 12.9. The van der Waals surface area contributed by atoms with Gasteiger partial charge >= 0.3 is 0 Å². The second-order valence-electron chi connectivity index (χ2n) is 5.93. The van der Waals surface area contributed by atoms with E-state index in [1.54, 1.807) is 0 Å². The van der Waals surface area contributed by atoms with Crippen molar-refractivity contribution in [3.8, 4) is 0 Å². The van der Waals surface area contributed by atoms with Gasteiger partial charge in [-0.2, -0.15) is 4.72 Å². The number of carbonyl (C=O) groups is 1. The van der Waals surface area contributed by atoms with Gasteiger partial charge in [-0.25, -0.2) is 17.8 Å². The number of benzene rings is 2. The van der Waals surface area contributed by atoms with Crippen LogP contribution in [0, 0.1) is 5.82 Å². The van der Waals surface area contributed by atoms with E-state index >= 15 is 0 Å². The molecule has 0 spiro atoms. The first-order chi connectivity index (χ1) is 12.8. The van der Waals surface area contributed by atoms with E-state index in [-0.39, 0.29) is 0 Å². The molecule has 0 bridgehead atoms. The minimum Gasteiger partial charge on any atom is -0.310 e. The highest BCUT2D eigenvalue weighted by molar-refractivity contribution is 7.89. The van der Waals surface area contributed by atoms with E-state index in [1.165, 1.54) is 19.1 Å². The molecule has 1 unspecified atom stereocenters. The molecule has 2 N–H and O–H groups in total. The standard InChI is InChI=1S/C18H19FN4O3S/c1-3-23-15-10-6-5-9-14(15)20-18(23)21-17(24)12(2)22-27(25,26)16-11-7-4-8-13(16)19/h4-12,22H,3H2,1-2H3,(H,20,21,24). The summed E-state index contributed by atoms with van der Waals surface area (Å²) in [6.45, 7) is 3.87. The van der Waals surface area contributed by atoms with Crippen molar-refractivity contribution in [1.82, 2.24) is 14.3 Å². The van der Waals surface area contributed by atoms with Gasteiger partial charge in [0.05, 0.1) is 17.1 Å². The summed E-state index contributed by atoms with van der Waals surface area (Å²) in [7, 11) is -4.18. The monoisotopic (exact) mass is 390 g/mol. The molecule has 1 amide bonds. The minimum absolute atomic E-state index is 0.320. The van der Waals surface area contributed by atoms with Crippen molar-refractivity contribution >= 4 is 32.9 Å². The third-order valence-corrected chi connectivity index (χ3v) is 5.63. The van der Waals surface area contributed by atoms with Crippen LogP contribution in [0.1, 0.15) is 13.8 Å². The minimum atomic E-state index is -4.18. The number of nitrogens with one attached hydrogen (secondary N) is 2. The van der Waals surface area contributed by atoms with Crippen molar-refractivity contribution in [2.45, 2.75) is 31.3 Å². The van der Waals surface area contributed by atoms with Crippen LogP contribution in [0.2, 0.25) is 0 Å². The summed E-state index contributed by atoms with van der Waals surface area (Å²) in [5.41, 5.74) is 1.57. The van der Waals surface area contributed by atoms with Crippen LogP contribution in [0.3, 0.4) is 0 Å². The molecule has 0 radical (unpaired) electrons. The molecular formula is C18H19FN4O3S. The van der Waals surface area contributed by atoms with Crippen molar-refractivity contribution in [2.24, 2.45) is 0 Å². The Morgan fingerprint density at radius 1 is 1.19 bits per heavy atom. The van der Waals surface area contributed by atoms with Gasteiger partial charge in [0.25, 0.3) is 0 Å². The third kappa shape index (κ3) is 3.83. The maximum absolute atomic E-state index is 13.8. The van der Waals surface area contributed by atoms with Crippen LogP contribution < -0.4 is 10.0 Å². The molecule has 142 valence electrons. The van der Waals surface area contributed by atoms with Crippen molar-refractivity contribution < 1.29 is 17.6 Å². The number of aryl methyl sites for hydroxylation is 1. The number of nitrogens with zero attached hydrogens (tertiary/aromatic N) is 2. The molecule has 1 aromatic heterocycles. The maximum atomic E-state index is 13.8. The topological polar surface area (TPSA) is 93.1 Å². The SMILES string of the molecule is CCn1c(NC(=O)C(C)NS(=O)(=O)c2ccccc2F)nc2ccccc21. The summed E-state index contributed by atoms with van der Waals surface area (Å²) in [5.74, 6) is -1.16. The van der Waals surface area contributed by atoms with E-state index in [2.05, 4.69) is 15.0 Å². The highest BCUT2D eigenvalue weighted by Gasteiger charge is 2.25. The molecule has 3 aromatic rings. The summed E-state index contributed by atoms with van der Waals surface area (Å²) < 4.78 is 42.4. The van der Waals surface area contributed by atoms with E-state index in [4.69, 9.17) is 0 Å². The largest absolute Gasteiger partial charge is 0.310 e. The number of carbonyl (C=O) groups excluding carboxylic acids is 1. The number of amides is 1. The number of sulfonamides is 1. The van der Waals surface area contributed by atoms with Gasteiger partial charge in [-0.05, 0) is 38.1 Å². The van der Waals surface area contributed by atoms with Gasteiger partial charge in [0, 0.05) is 6.54 Å². The molecule has 0 fully saturated rings. The first-order valence-electron chi connectivity index (χ1n) is 8.36. The molecule has 0 saturated heterocycles. The van der Waals surface area contributed by atoms with Crippen LogP contribution >= 0.6 is 0 Å². The Morgan fingerprint density at radius 3 is 2.56 bits per heavy atom. The highest BCUT2D eigenvalue weighted by atomic mass is 32.2. The van der Waals surface area contributed by atoms with Gasteiger partial charge in [-0.1, -0.05) is 24.3 Å². The molecule has 9 heteroatoms. The summed E-state index contributed by atoms with van der Waals surface area (Å²) in [6.07, 6.45) is 0. The lowest BCUT2D eigenvalue weighted by molar-refractivity contribution is -0.117. The number of hydrogen-bond acceptors (Lipinski definition) is 4. The molecule has 1 heterocycles. The first-order valence-corrected chi connectivity index (χ1v) is 9.85. The predicted octanol–water partition coefficient (Wildman–Crippen LogP) is 2.50. The van der Waals surface area contributed by atoms with Crippen molar-refractivity contribution in [3.05, 3.63) is 54.3 Å². The predicted molar refractivity (Wildman–Crippen MR) is 100 cm³/mol. The molecule has 7 nitrogen and oxygen atoms in total. The van der Waals surface area contributed by atoms with Crippen LogP contribution in [0.15, 0.2) is 53.4 Å². The molecule has 3 rings (SSSR count). The molecule has 0 aliphatic carbocycles. The van der Waals surface area contributed by atoms with Gasteiger partial charge < -0.3 is 4.57 Å². The highest BCUT2D eigenvalue weighted by Crippen LogP contribution is 2.20. The van der Waals surface area contributed by atoms with Gasteiger partial charge in [0.15, 0.2) is 0 Å². The second kappa shape index (κ2) is 7.45. The fourth-order valence-corrected chi connectivity index (χ4v) is 4.00. The lowest BCUT2D eigenvalue weighted by Crippen LogP contribution is -2.42. The van der Waals surface area contributed by atoms with Gasteiger partial charge in [0.1, 0.15) is 10.7 Å². The zero-order valence-electron chi connectivity index (χ0n) is 14.8. The molecule has 0 aliphatic rings. The quantitative estimate of drug-likeness (QED) is 0.676. The molecule has 1 atom stereocenters. The Morgan fingerprint density at radius 2 is 1.85 bits per heavy atom. The van der Waals surface area contributed by atoms with Gasteiger partial charge in [0.2, 0.25) is 21.9 Å². The molecule has 0 saturated carbocycles. The Labute approximate surface area is 156 Å². The Hall–Kier alpha value is -2.78. The van der Waals surface area contributed by atoms with E-state index in [9.17, 15) is 17.6 Å². The Kier molecular flexibility index (Phi) is 5.24. The van der Waals surface area contributed by atoms with Crippen molar-refractivity contribution in [3.63, 3.8) is 0 Å². The van der Waals surface area contributed by atoms with E-state index in [0.717, 1.165) is 17.6 Å². The molecular weight excluding hydrogens is 371 g/mol. The van der Waals surface area contributed by atoms with Gasteiger partial charge in [-0.15, -0.1) is 0 Å². The number of para-hydroxylation sites is 2. The average molecular weight is 390 g/mol. The number of imidazole rings is 1. The first kappa shape index (κ1) is 19.0. The number of fused-ring (bicyclic) bond motifs is 1. The number of anilines is 1. The smallest absolute Gasteiger partial charge is 0.244 e. The number of halogens is 1. The molecule has 0 aliphatic heterocycles. The van der Waals surface area contributed by atoms with E-state index in [1.807, 2.05) is 35.8 Å². The van der Waals surface area contributed by atoms with Gasteiger partial charge in [-0.3, -0.25) is 10.1 Å². The zero-order chi connectivity index (χ0) is 19.6.